The van der Waals surface area contributed by atoms with Gasteiger partial charge in [-0.25, -0.2) is 13.6 Å². The summed E-state index contributed by atoms with van der Waals surface area (Å²) in [5.41, 5.74) is 0.279. The Bertz CT molecular complexity index is 565. The van der Waals surface area contributed by atoms with Crippen LogP contribution in [0.15, 0.2) is 17.2 Å². The van der Waals surface area contributed by atoms with Gasteiger partial charge in [0.15, 0.2) is 0 Å². The summed E-state index contributed by atoms with van der Waals surface area (Å²) >= 11 is 0. The number of hydrogen-bond acceptors (Lipinski definition) is 4. The van der Waals surface area contributed by atoms with Gasteiger partial charge in [-0.3, -0.25) is 4.79 Å². The van der Waals surface area contributed by atoms with Gasteiger partial charge in [0, 0.05) is 32.5 Å². The van der Waals surface area contributed by atoms with E-state index in [1.165, 1.54) is 12.3 Å². The van der Waals surface area contributed by atoms with Crippen molar-refractivity contribution >= 4 is 15.9 Å². The maximum Gasteiger partial charge on any atom is 0.268 e. The highest BCUT2D eigenvalue weighted by molar-refractivity contribution is 7.89. The van der Waals surface area contributed by atoms with Crippen LogP contribution in [0.3, 0.4) is 0 Å². The van der Waals surface area contributed by atoms with Crippen molar-refractivity contribution in [3.63, 3.8) is 0 Å². The molecule has 114 valence electrons. The van der Waals surface area contributed by atoms with Crippen molar-refractivity contribution in [2.45, 2.75) is 37.8 Å². The Morgan fingerprint density at radius 2 is 2.20 bits per heavy atom. The van der Waals surface area contributed by atoms with E-state index in [4.69, 9.17) is 9.88 Å². The van der Waals surface area contributed by atoms with Crippen LogP contribution in [0.5, 0.6) is 0 Å². The van der Waals surface area contributed by atoms with Gasteiger partial charge in [0.1, 0.15) is 10.6 Å². The lowest BCUT2D eigenvalue weighted by molar-refractivity contribution is 0.0920. The zero-order chi connectivity index (χ0) is 15.3. The number of nitrogens with zero attached hydrogens (tertiary/aromatic N) is 1. The number of primary sulfonamides is 1. The largest absolute Gasteiger partial charge is 0.385 e. The summed E-state index contributed by atoms with van der Waals surface area (Å²) in [4.78, 5) is 12.1. The quantitative estimate of drug-likeness (QED) is 0.756. The van der Waals surface area contributed by atoms with Gasteiger partial charge in [-0.15, -0.1) is 0 Å². The summed E-state index contributed by atoms with van der Waals surface area (Å²) in [5, 5.41) is 7.87. The van der Waals surface area contributed by atoms with E-state index in [0.717, 1.165) is 0 Å². The van der Waals surface area contributed by atoms with Gasteiger partial charge < -0.3 is 14.6 Å². The van der Waals surface area contributed by atoms with Crippen LogP contribution >= 0.6 is 0 Å². The molecule has 1 aromatic heterocycles. The number of ether oxygens (including phenoxy) is 1. The van der Waals surface area contributed by atoms with Crippen LogP contribution in [0, 0.1) is 0 Å². The molecule has 1 atom stereocenters. The lowest BCUT2D eigenvalue weighted by atomic mass is 10.2. The van der Waals surface area contributed by atoms with E-state index in [-0.39, 0.29) is 22.5 Å². The third-order valence-corrected chi connectivity index (χ3v) is 3.79. The molecule has 1 unspecified atom stereocenters. The fourth-order valence-corrected chi connectivity index (χ4v) is 2.31. The minimum atomic E-state index is -3.81. The molecule has 0 spiro atoms. The number of amides is 1. The van der Waals surface area contributed by atoms with Crippen LogP contribution in [-0.2, 0) is 21.3 Å². The van der Waals surface area contributed by atoms with Crippen molar-refractivity contribution in [1.29, 1.82) is 0 Å². The molecular formula is C12H21N3O4S. The van der Waals surface area contributed by atoms with Crippen molar-refractivity contribution in [2.75, 3.05) is 13.7 Å². The van der Waals surface area contributed by atoms with Crippen molar-refractivity contribution in [3.05, 3.63) is 18.0 Å². The van der Waals surface area contributed by atoms with E-state index in [1.807, 2.05) is 13.8 Å². The van der Waals surface area contributed by atoms with Gasteiger partial charge in [-0.2, -0.15) is 0 Å². The highest BCUT2D eigenvalue weighted by Crippen LogP contribution is 2.13. The second kappa shape index (κ2) is 6.87. The minimum absolute atomic E-state index is 0.0611. The molecule has 3 N–H and O–H groups in total. The first-order valence-corrected chi connectivity index (χ1v) is 7.87. The highest BCUT2D eigenvalue weighted by atomic mass is 32.2. The molecule has 0 saturated carbocycles. The van der Waals surface area contributed by atoms with Crippen LogP contribution in [0.2, 0.25) is 0 Å². The monoisotopic (exact) mass is 303 g/mol. The summed E-state index contributed by atoms with van der Waals surface area (Å²) in [7, 11) is -2.22. The standard InChI is InChI=1S/C12H21N3O4S/c1-4-15-8-10(20(13,17)18)7-11(15)12(16)14-9(2)5-6-19-3/h7-9H,4-6H2,1-3H3,(H,14,16)(H2,13,17,18). The predicted octanol–water partition coefficient (Wildman–Crippen LogP) is 0.310. The maximum atomic E-state index is 12.1. The summed E-state index contributed by atoms with van der Waals surface area (Å²) in [5.74, 6) is -0.328. The molecule has 0 bridgehead atoms. The summed E-state index contributed by atoms with van der Waals surface area (Å²) in [6, 6.07) is 1.22. The molecular weight excluding hydrogens is 282 g/mol. The number of carbonyl (C=O) groups excluding carboxylic acids is 1. The number of aryl methyl sites for hydroxylation is 1. The second-order valence-corrected chi connectivity index (χ2v) is 6.11. The van der Waals surface area contributed by atoms with Crippen LogP contribution in [0.25, 0.3) is 0 Å². The summed E-state index contributed by atoms with van der Waals surface area (Å²) < 4.78 is 29.1. The molecule has 8 heteroatoms. The third-order valence-electron chi connectivity index (χ3n) is 2.91. The topological polar surface area (TPSA) is 103 Å². The van der Waals surface area contributed by atoms with Crippen molar-refractivity contribution in [1.82, 2.24) is 9.88 Å². The molecule has 0 aliphatic carbocycles. The number of rotatable bonds is 7. The Labute approximate surface area is 119 Å². The first-order valence-electron chi connectivity index (χ1n) is 6.32. The van der Waals surface area contributed by atoms with Gasteiger partial charge in [0.25, 0.3) is 5.91 Å². The smallest absolute Gasteiger partial charge is 0.268 e. The van der Waals surface area contributed by atoms with E-state index >= 15 is 0 Å². The number of nitrogens with two attached hydrogens (primary N) is 1. The van der Waals surface area contributed by atoms with Crippen LogP contribution < -0.4 is 10.5 Å². The fourth-order valence-electron chi connectivity index (χ4n) is 1.76. The molecule has 20 heavy (non-hydrogen) atoms. The molecule has 0 aliphatic rings. The number of hydrogen-bond donors (Lipinski definition) is 2. The lowest BCUT2D eigenvalue weighted by Gasteiger charge is -2.14. The van der Waals surface area contributed by atoms with Gasteiger partial charge >= 0.3 is 0 Å². The summed E-state index contributed by atoms with van der Waals surface area (Å²) in [6.07, 6.45) is 2.04. The molecule has 0 fully saturated rings. The Morgan fingerprint density at radius 3 is 2.70 bits per heavy atom. The van der Waals surface area contributed by atoms with Crippen LogP contribution in [0.1, 0.15) is 30.8 Å². The van der Waals surface area contributed by atoms with Crippen LogP contribution in [-0.4, -0.2) is 38.7 Å². The van der Waals surface area contributed by atoms with Gasteiger partial charge in [-0.05, 0) is 26.3 Å². The van der Waals surface area contributed by atoms with E-state index in [2.05, 4.69) is 5.32 Å². The number of methoxy groups -OCH3 is 1. The number of sulfonamides is 1. The van der Waals surface area contributed by atoms with Crippen molar-refractivity contribution < 1.29 is 17.9 Å². The van der Waals surface area contributed by atoms with Crippen LogP contribution in [0.4, 0.5) is 0 Å². The van der Waals surface area contributed by atoms with Gasteiger partial charge in [-0.1, -0.05) is 0 Å². The first kappa shape index (κ1) is 16.7. The van der Waals surface area contributed by atoms with Gasteiger partial charge in [0.2, 0.25) is 10.0 Å². The van der Waals surface area contributed by atoms with E-state index in [0.29, 0.717) is 19.6 Å². The molecule has 0 aliphatic heterocycles. The second-order valence-electron chi connectivity index (χ2n) is 4.55. The predicted molar refractivity (Wildman–Crippen MR) is 74.9 cm³/mol. The molecule has 0 saturated heterocycles. The lowest BCUT2D eigenvalue weighted by Crippen LogP contribution is -2.34. The first-order chi connectivity index (χ1) is 9.29. The van der Waals surface area contributed by atoms with E-state index < -0.39 is 10.0 Å². The maximum absolute atomic E-state index is 12.1. The molecule has 7 nitrogen and oxygen atoms in total. The zero-order valence-corrected chi connectivity index (χ0v) is 12.7. The highest BCUT2D eigenvalue weighted by Gasteiger charge is 2.19. The molecule has 1 amide bonds. The number of nitrogens with one attached hydrogen (secondary N) is 1. The SMILES string of the molecule is CCn1cc(S(N)(=O)=O)cc1C(=O)NC(C)CCOC. The van der Waals surface area contributed by atoms with Crippen molar-refractivity contribution in [2.24, 2.45) is 5.14 Å². The Morgan fingerprint density at radius 1 is 1.55 bits per heavy atom. The summed E-state index contributed by atoms with van der Waals surface area (Å²) in [6.45, 7) is 4.69. The fraction of sp³-hybridized carbons (Fsp3) is 0.583. The molecule has 0 radical (unpaired) electrons. The Balaban J connectivity index is 2.90. The van der Waals surface area contributed by atoms with E-state index in [9.17, 15) is 13.2 Å². The molecule has 0 aromatic carbocycles. The number of aromatic nitrogens is 1. The minimum Gasteiger partial charge on any atom is -0.385 e. The molecule has 1 rings (SSSR count). The molecule has 1 heterocycles. The normalized spacial score (nSPS) is 13.2. The number of carbonyl (C=O) groups is 1. The zero-order valence-electron chi connectivity index (χ0n) is 11.9. The third kappa shape index (κ3) is 4.32. The molecule has 1 aromatic rings. The van der Waals surface area contributed by atoms with Gasteiger partial charge in [0.05, 0.1) is 0 Å². The van der Waals surface area contributed by atoms with E-state index in [1.54, 1.807) is 11.7 Å². The Hall–Kier alpha value is -1.38. The van der Waals surface area contributed by atoms with Crippen molar-refractivity contribution in [3.8, 4) is 0 Å². The average molecular weight is 303 g/mol. The average Bonchev–Trinajstić information content (AvgIpc) is 2.80. The Kier molecular flexibility index (Phi) is 5.73.